The number of ether oxygens (including phenoxy) is 1. The van der Waals surface area contributed by atoms with E-state index in [2.05, 4.69) is 0 Å². The van der Waals surface area contributed by atoms with Gasteiger partial charge in [-0.2, -0.15) is 0 Å². The number of rotatable bonds is 6. The first-order valence-corrected chi connectivity index (χ1v) is 8.48. The highest BCUT2D eigenvalue weighted by Crippen LogP contribution is 2.26. The van der Waals surface area contributed by atoms with Gasteiger partial charge in [0.15, 0.2) is 11.6 Å². The van der Waals surface area contributed by atoms with Crippen molar-refractivity contribution in [3.05, 3.63) is 72.3 Å². The molecule has 0 aromatic heterocycles. The van der Waals surface area contributed by atoms with E-state index in [1.807, 2.05) is 42.5 Å². The Kier molecular flexibility index (Phi) is 5.33. The van der Waals surface area contributed by atoms with Crippen molar-refractivity contribution >= 4 is 22.5 Å². The molecule has 0 bridgehead atoms. The minimum absolute atomic E-state index is 0.130. The van der Waals surface area contributed by atoms with Crippen LogP contribution in [0.25, 0.3) is 10.8 Å². The summed E-state index contributed by atoms with van der Waals surface area (Å²) in [5, 5.41) is 12.1. The molecule has 0 aliphatic rings. The molecule has 124 valence electrons. The summed E-state index contributed by atoms with van der Waals surface area (Å²) in [5.74, 6) is -0.721. The first-order chi connectivity index (χ1) is 11.6. The molecule has 0 heterocycles. The van der Waals surface area contributed by atoms with Crippen molar-refractivity contribution in [2.75, 3.05) is 12.4 Å². The summed E-state index contributed by atoms with van der Waals surface area (Å²) in [6, 6.07) is 17.3. The second-order valence-corrected chi connectivity index (χ2v) is 6.42. The number of halogens is 2. The number of hydrogen-bond donors (Lipinski definition) is 1. The van der Waals surface area contributed by atoms with Crippen molar-refractivity contribution in [3.8, 4) is 5.75 Å². The van der Waals surface area contributed by atoms with E-state index in [4.69, 9.17) is 4.74 Å². The Morgan fingerprint density at radius 1 is 0.958 bits per heavy atom. The second kappa shape index (κ2) is 7.64. The maximum atomic E-state index is 13.1. The van der Waals surface area contributed by atoms with Gasteiger partial charge in [0, 0.05) is 16.0 Å². The molecule has 3 rings (SSSR count). The summed E-state index contributed by atoms with van der Waals surface area (Å²) in [4.78, 5) is 0.568. The zero-order chi connectivity index (χ0) is 16.9. The SMILES string of the molecule is O[C@@H](COc1cccc2ccccc12)CSc1ccc(F)c(F)c1. The van der Waals surface area contributed by atoms with Crippen LogP contribution in [0.2, 0.25) is 0 Å². The Balaban J connectivity index is 1.57. The summed E-state index contributed by atoms with van der Waals surface area (Å²) in [7, 11) is 0. The Hall–Kier alpha value is -2.11. The van der Waals surface area contributed by atoms with Crippen LogP contribution in [0.1, 0.15) is 0 Å². The van der Waals surface area contributed by atoms with E-state index >= 15 is 0 Å². The molecular weight excluding hydrogens is 330 g/mol. The van der Waals surface area contributed by atoms with Gasteiger partial charge < -0.3 is 9.84 Å². The molecule has 0 aliphatic carbocycles. The van der Waals surface area contributed by atoms with Crippen LogP contribution in [0.4, 0.5) is 8.78 Å². The molecule has 0 radical (unpaired) electrons. The highest BCUT2D eigenvalue weighted by molar-refractivity contribution is 7.99. The molecule has 24 heavy (non-hydrogen) atoms. The van der Waals surface area contributed by atoms with Gasteiger partial charge in [-0.15, -0.1) is 11.8 Å². The third-order valence-electron chi connectivity index (χ3n) is 3.51. The molecule has 0 saturated heterocycles. The van der Waals surface area contributed by atoms with Crippen LogP contribution < -0.4 is 4.74 Å². The van der Waals surface area contributed by atoms with Gasteiger partial charge in [0.05, 0.1) is 6.10 Å². The minimum Gasteiger partial charge on any atom is -0.490 e. The van der Waals surface area contributed by atoms with Crippen LogP contribution in [-0.2, 0) is 0 Å². The van der Waals surface area contributed by atoms with E-state index in [1.54, 1.807) is 0 Å². The molecule has 0 saturated carbocycles. The van der Waals surface area contributed by atoms with Crippen molar-refractivity contribution in [2.24, 2.45) is 0 Å². The van der Waals surface area contributed by atoms with E-state index in [0.717, 1.165) is 22.9 Å². The summed E-state index contributed by atoms with van der Waals surface area (Å²) in [6.07, 6.45) is -0.720. The lowest BCUT2D eigenvalue weighted by molar-refractivity contribution is 0.127. The van der Waals surface area contributed by atoms with E-state index < -0.39 is 17.7 Å². The summed E-state index contributed by atoms with van der Waals surface area (Å²) in [5.41, 5.74) is 0. The zero-order valence-corrected chi connectivity index (χ0v) is 13.6. The van der Waals surface area contributed by atoms with Gasteiger partial charge in [0.1, 0.15) is 12.4 Å². The van der Waals surface area contributed by atoms with Crippen molar-refractivity contribution in [1.29, 1.82) is 0 Å². The van der Waals surface area contributed by atoms with Gasteiger partial charge in [0.25, 0.3) is 0 Å². The smallest absolute Gasteiger partial charge is 0.159 e. The van der Waals surface area contributed by atoms with Gasteiger partial charge in [0.2, 0.25) is 0 Å². The van der Waals surface area contributed by atoms with Crippen LogP contribution in [-0.4, -0.2) is 23.6 Å². The number of benzene rings is 3. The van der Waals surface area contributed by atoms with Crippen molar-refractivity contribution in [1.82, 2.24) is 0 Å². The number of aliphatic hydroxyl groups is 1. The molecule has 0 unspecified atom stereocenters. The zero-order valence-electron chi connectivity index (χ0n) is 12.8. The molecule has 0 amide bonds. The molecule has 0 fully saturated rings. The third-order valence-corrected chi connectivity index (χ3v) is 4.65. The predicted octanol–water partition coefficient (Wildman–Crippen LogP) is 4.65. The summed E-state index contributed by atoms with van der Waals surface area (Å²) < 4.78 is 31.7. The van der Waals surface area contributed by atoms with Crippen LogP contribution in [0.3, 0.4) is 0 Å². The second-order valence-electron chi connectivity index (χ2n) is 5.33. The van der Waals surface area contributed by atoms with E-state index in [0.29, 0.717) is 16.4 Å². The van der Waals surface area contributed by atoms with E-state index in [9.17, 15) is 13.9 Å². The van der Waals surface area contributed by atoms with E-state index in [-0.39, 0.29) is 6.61 Å². The lowest BCUT2D eigenvalue weighted by Crippen LogP contribution is -2.20. The molecule has 2 nitrogen and oxygen atoms in total. The third kappa shape index (κ3) is 4.04. The fourth-order valence-corrected chi connectivity index (χ4v) is 3.15. The van der Waals surface area contributed by atoms with Crippen molar-refractivity contribution in [3.63, 3.8) is 0 Å². The van der Waals surface area contributed by atoms with Gasteiger partial charge in [-0.05, 0) is 29.7 Å². The number of aliphatic hydroxyl groups excluding tert-OH is 1. The first-order valence-electron chi connectivity index (χ1n) is 7.50. The molecule has 3 aromatic carbocycles. The van der Waals surface area contributed by atoms with Gasteiger partial charge in [-0.3, -0.25) is 0 Å². The molecule has 3 aromatic rings. The minimum atomic E-state index is -0.888. The molecule has 1 N–H and O–H groups in total. The fourth-order valence-electron chi connectivity index (χ4n) is 2.31. The first kappa shape index (κ1) is 16.7. The Labute approximate surface area is 143 Å². The van der Waals surface area contributed by atoms with Crippen LogP contribution in [0.15, 0.2) is 65.6 Å². The van der Waals surface area contributed by atoms with Crippen LogP contribution in [0, 0.1) is 11.6 Å². The Morgan fingerprint density at radius 2 is 1.75 bits per heavy atom. The lowest BCUT2D eigenvalue weighted by Gasteiger charge is -2.13. The van der Waals surface area contributed by atoms with Gasteiger partial charge >= 0.3 is 0 Å². The van der Waals surface area contributed by atoms with Crippen LogP contribution in [0.5, 0.6) is 5.75 Å². The average molecular weight is 346 g/mol. The average Bonchev–Trinajstić information content (AvgIpc) is 2.61. The standard InChI is InChI=1S/C19H16F2O2S/c20-17-9-8-15(10-18(17)21)24-12-14(22)11-23-19-7-3-5-13-4-1-2-6-16(13)19/h1-10,14,22H,11-12H2/t14-/m0/s1. The Morgan fingerprint density at radius 3 is 2.58 bits per heavy atom. The monoisotopic (exact) mass is 346 g/mol. The highest BCUT2D eigenvalue weighted by Gasteiger charge is 2.09. The largest absolute Gasteiger partial charge is 0.490 e. The fraction of sp³-hybridized carbons (Fsp3) is 0.158. The van der Waals surface area contributed by atoms with Crippen molar-refractivity contribution < 1.29 is 18.6 Å². The molecule has 0 spiro atoms. The number of fused-ring (bicyclic) bond motifs is 1. The normalized spacial score (nSPS) is 12.3. The van der Waals surface area contributed by atoms with Gasteiger partial charge in [-0.1, -0.05) is 36.4 Å². The summed E-state index contributed by atoms with van der Waals surface area (Å²) >= 11 is 1.25. The van der Waals surface area contributed by atoms with Crippen molar-refractivity contribution in [2.45, 2.75) is 11.0 Å². The van der Waals surface area contributed by atoms with Crippen LogP contribution >= 0.6 is 11.8 Å². The van der Waals surface area contributed by atoms with Gasteiger partial charge in [-0.25, -0.2) is 8.78 Å². The lowest BCUT2D eigenvalue weighted by atomic mass is 10.1. The molecule has 1 atom stereocenters. The van der Waals surface area contributed by atoms with E-state index in [1.165, 1.54) is 17.8 Å². The predicted molar refractivity (Wildman–Crippen MR) is 92.5 cm³/mol. The Bertz CT molecular complexity index is 833. The maximum absolute atomic E-state index is 13.1. The number of thioether (sulfide) groups is 1. The molecule has 5 heteroatoms. The number of hydrogen-bond acceptors (Lipinski definition) is 3. The highest BCUT2D eigenvalue weighted by atomic mass is 32.2. The summed E-state index contributed by atoms with van der Waals surface area (Å²) in [6.45, 7) is 0.130. The molecular formula is C19H16F2O2S. The maximum Gasteiger partial charge on any atom is 0.159 e. The quantitative estimate of drug-likeness (QED) is 0.659. The topological polar surface area (TPSA) is 29.5 Å². The molecule has 0 aliphatic heterocycles.